The summed E-state index contributed by atoms with van der Waals surface area (Å²) in [7, 11) is 0. The molecule has 5 heteroatoms. The first-order valence-corrected chi connectivity index (χ1v) is 7.78. The van der Waals surface area contributed by atoms with Gasteiger partial charge in [-0.3, -0.25) is 10.2 Å². The highest BCUT2D eigenvalue weighted by Crippen LogP contribution is 2.22. The summed E-state index contributed by atoms with van der Waals surface area (Å²) >= 11 is 1.38. The van der Waals surface area contributed by atoms with Crippen LogP contribution in [-0.4, -0.2) is 34.7 Å². The van der Waals surface area contributed by atoms with Crippen LogP contribution in [-0.2, 0) is 0 Å². The van der Waals surface area contributed by atoms with Crippen LogP contribution < -0.4 is 5.43 Å². The van der Waals surface area contributed by atoms with Crippen molar-refractivity contribution in [2.75, 3.05) is 6.61 Å². The van der Waals surface area contributed by atoms with Crippen molar-refractivity contribution >= 4 is 17.2 Å². The van der Waals surface area contributed by atoms with Gasteiger partial charge in [-0.25, -0.2) is 5.01 Å². The molecule has 1 aliphatic heterocycles. The standard InChI is InChI=1S/C15H20N2O2S/c1-11-5-3-6-12(2)17(11)16-15(19)14-13(7-4-9-18)8-10-20-14/h8,10-12,18H,3,5-6,9H2,1-2H3,(H,16,19). The molecule has 0 spiro atoms. The second-order valence-corrected chi connectivity index (χ2v) is 6.02. The highest BCUT2D eigenvalue weighted by molar-refractivity contribution is 7.12. The molecule has 2 unspecified atom stereocenters. The second-order valence-electron chi connectivity index (χ2n) is 5.10. The van der Waals surface area contributed by atoms with Crippen LogP contribution in [0.4, 0.5) is 0 Å². The summed E-state index contributed by atoms with van der Waals surface area (Å²) in [5.74, 6) is 5.29. The lowest BCUT2D eigenvalue weighted by Crippen LogP contribution is -2.54. The molecule has 0 radical (unpaired) electrons. The molecule has 20 heavy (non-hydrogen) atoms. The molecule has 2 rings (SSSR count). The number of hydrogen-bond donors (Lipinski definition) is 2. The quantitative estimate of drug-likeness (QED) is 0.820. The third-order valence-corrected chi connectivity index (χ3v) is 4.51. The molecular formula is C15H20N2O2S. The number of rotatable bonds is 2. The molecule has 1 aliphatic rings. The van der Waals surface area contributed by atoms with E-state index in [2.05, 4.69) is 36.1 Å². The first-order valence-electron chi connectivity index (χ1n) is 6.90. The van der Waals surface area contributed by atoms with E-state index >= 15 is 0 Å². The van der Waals surface area contributed by atoms with E-state index in [0.29, 0.717) is 22.5 Å². The molecule has 4 nitrogen and oxygen atoms in total. The van der Waals surface area contributed by atoms with Crippen molar-refractivity contribution in [3.63, 3.8) is 0 Å². The molecule has 1 aromatic heterocycles. The summed E-state index contributed by atoms with van der Waals surface area (Å²) in [4.78, 5) is 13.0. The van der Waals surface area contributed by atoms with Crippen LogP contribution in [0.15, 0.2) is 11.4 Å². The largest absolute Gasteiger partial charge is 0.384 e. The molecule has 1 saturated heterocycles. The molecule has 0 aromatic carbocycles. The third kappa shape index (κ3) is 3.40. The number of aliphatic hydroxyl groups excluding tert-OH is 1. The minimum absolute atomic E-state index is 0.108. The molecule has 2 N–H and O–H groups in total. The van der Waals surface area contributed by atoms with Crippen molar-refractivity contribution in [3.05, 3.63) is 21.9 Å². The number of nitrogens with one attached hydrogen (secondary N) is 1. The Kier molecular flexibility index (Phi) is 5.18. The van der Waals surface area contributed by atoms with Crippen LogP contribution in [0.25, 0.3) is 0 Å². The smallest absolute Gasteiger partial charge is 0.276 e. The van der Waals surface area contributed by atoms with Gasteiger partial charge in [-0.05, 0) is 38.1 Å². The molecule has 0 aliphatic carbocycles. The molecule has 1 amide bonds. The minimum atomic E-state index is -0.197. The van der Waals surface area contributed by atoms with Crippen LogP contribution in [0.5, 0.6) is 0 Å². The fourth-order valence-corrected chi connectivity index (χ4v) is 3.27. The SMILES string of the molecule is CC1CCCC(C)N1NC(=O)c1sccc1C#CCO. The molecule has 1 fully saturated rings. The lowest BCUT2D eigenvalue weighted by atomic mass is 10.00. The Balaban J connectivity index is 2.10. The van der Waals surface area contributed by atoms with E-state index in [1.807, 2.05) is 11.4 Å². The zero-order valence-electron chi connectivity index (χ0n) is 11.8. The summed E-state index contributed by atoms with van der Waals surface area (Å²) in [5, 5.41) is 12.6. The summed E-state index contributed by atoms with van der Waals surface area (Å²) in [6, 6.07) is 2.52. The van der Waals surface area contributed by atoms with Crippen molar-refractivity contribution in [2.45, 2.75) is 45.2 Å². The number of piperidine rings is 1. The van der Waals surface area contributed by atoms with Gasteiger partial charge in [0, 0.05) is 17.6 Å². The Morgan fingerprint density at radius 1 is 1.50 bits per heavy atom. The van der Waals surface area contributed by atoms with Crippen LogP contribution >= 0.6 is 11.3 Å². The fraction of sp³-hybridized carbons (Fsp3) is 0.533. The molecule has 1 aromatic rings. The number of hydrazine groups is 1. The van der Waals surface area contributed by atoms with Gasteiger partial charge >= 0.3 is 0 Å². The number of hydrogen-bond acceptors (Lipinski definition) is 4. The summed E-state index contributed by atoms with van der Waals surface area (Å²) in [6.07, 6.45) is 3.42. The minimum Gasteiger partial charge on any atom is -0.384 e. The Morgan fingerprint density at radius 2 is 2.20 bits per heavy atom. The number of amides is 1. The van der Waals surface area contributed by atoms with Gasteiger partial charge in [0.1, 0.15) is 11.5 Å². The Morgan fingerprint density at radius 3 is 2.85 bits per heavy atom. The van der Waals surface area contributed by atoms with Crippen LogP contribution in [0.2, 0.25) is 0 Å². The molecule has 0 saturated carbocycles. The average Bonchev–Trinajstić information content (AvgIpc) is 2.89. The van der Waals surface area contributed by atoms with Gasteiger partial charge in [0.2, 0.25) is 0 Å². The van der Waals surface area contributed by atoms with Gasteiger partial charge in [-0.15, -0.1) is 11.3 Å². The summed E-state index contributed by atoms with van der Waals surface area (Å²) < 4.78 is 0. The maximum atomic E-state index is 12.4. The van der Waals surface area contributed by atoms with Crippen LogP contribution in [0.3, 0.4) is 0 Å². The molecule has 2 atom stereocenters. The van der Waals surface area contributed by atoms with Crippen molar-refractivity contribution < 1.29 is 9.90 Å². The normalized spacial score (nSPS) is 22.9. The van der Waals surface area contributed by atoms with E-state index in [4.69, 9.17) is 5.11 Å². The first kappa shape index (κ1) is 15.0. The monoisotopic (exact) mass is 292 g/mol. The number of carbonyl (C=O) groups excluding carboxylic acids is 1. The van der Waals surface area contributed by atoms with Crippen molar-refractivity contribution in [1.29, 1.82) is 0 Å². The third-order valence-electron chi connectivity index (χ3n) is 3.60. The van der Waals surface area contributed by atoms with Crippen LogP contribution in [0.1, 0.15) is 48.3 Å². The van der Waals surface area contributed by atoms with E-state index in [1.165, 1.54) is 17.8 Å². The number of carbonyl (C=O) groups is 1. The van der Waals surface area contributed by atoms with Gasteiger partial charge in [-0.1, -0.05) is 18.3 Å². The number of thiophene rings is 1. The molecular weight excluding hydrogens is 272 g/mol. The molecule has 0 bridgehead atoms. The predicted molar refractivity (Wildman–Crippen MR) is 80.4 cm³/mol. The predicted octanol–water partition coefficient (Wildman–Crippen LogP) is 2.00. The summed E-state index contributed by atoms with van der Waals surface area (Å²) in [5.41, 5.74) is 3.69. The topological polar surface area (TPSA) is 52.6 Å². The number of aliphatic hydroxyl groups is 1. The van der Waals surface area contributed by atoms with Gasteiger partial charge in [-0.2, -0.15) is 0 Å². The van der Waals surface area contributed by atoms with Crippen LogP contribution in [0, 0.1) is 11.8 Å². The highest BCUT2D eigenvalue weighted by atomic mass is 32.1. The van der Waals surface area contributed by atoms with E-state index < -0.39 is 0 Å². The van der Waals surface area contributed by atoms with E-state index in [9.17, 15) is 4.79 Å². The summed E-state index contributed by atoms with van der Waals surface area (Å²) in [6.45, 7) is 4.07. The van der Waals surface area contributed by atoms with E-state index in [0.717, 1.165) is 12.8 Å². The fourth-order valence-electron chi connectivity index (χ4n) is 2.53. The van der Waals surface area contributed by atoms with E-state index in [-0.39, 0.29) is 12.5 Å². The Bertz CT molecular complexity index is 519. The average molecular weight is 292 g/mol. The van der Waals surface area contributed by atoms with E-state index in [1.54, 1.807) is 0 Å². The maximum Gasteiger partial charge on any atom is 0.276 e. The van der Waals surface area contributed by atoms with Crippen molar-refractivity contribution in [2.24, 2.45) is 0 Å². The van der Waals surface area contributed by atoms with Crippen molar-refractivity contribution in [1.82, 2.24) is 10.4 Å². The zero-order chi connectivity index (χ0) is 14.5. The van der Waals surface area contributed by atoms with Gasteiger partial charge < -0.3 is 5.11 Å². The first-order chi connectivity index (χ1) is 9.63. The van der Waals surface area contributed by atoms with Gasteiger partial charge in [0.05, 0.1) is 0 Å². The van der Waals surface area contributed by atoms with Crippen molar-refractivity contribution in [3.8, 4) is 11.8 Å². The molecule has 108 valence electrons. The molecule has 2 heterocycles. The Labute approximate surface area is 123 Å². The van der Waals surface area contributed by atoms with Gasteiger partial charge in [0.15, 0.2) is 0 Å². The zero-order valence-corrected chi connectivity index (χ0v) is 12.7. The Hall–Kier alpha value is -1.35. The highest BCUT2D eigenvalue weighted by Gasteiger charge is 2.27. The lowest BCUT2D eigenvalue weighted by molar-refractivity contribution is 0.0372. The maximum absolute atomic E-state index is 12.4. The van der Waals surface area contributed by atoms with Gasteiger partial charge in [0.25, 0.3) is 5.91 Å². The lowest BCUT2D eigenvalue weighted by Gasteiger charge is -2.38. The second kappa shape index (κ2) is 6.89. The number of nitrogens with zero attached hydrogens (tertiary/aromatic N) is 1.